The summed E-state index contributed by atoms with van der Waals surface area (Å²) in [5.41, 5.74) is 6.58. The summed E-state index contributed by atoms with van der Waals surface area (Å²) in [6, 6.07) is 3.35. The summed E-state index contributed by atoms with van der Waals surface area (Å²) < 4.78 is 1.51. The Bertz CT molecular complexity index is 573. The number of rotatable bonds is 2. The number of anilines is 1. The summed E-state index contributed by atoms with van der Waals surface area (Å²) >= 11 is 5.83. The number of nitrogens with two attached hydrogens (primary N) is 1. The first kappa shape index (κ1) is 12.4. The molecule has 2 N–H and O–H groups in total. The Balaban J connectivity index is 2.41. The van der Waals surface area contributed by atoms with Gasteiger partial charge in [-0.25, -0.2) is 4.68 Å². The molecule has 0 aliphatic carbocycles. The molecule has 0 saturated heterocycles. The van der Waals surface area contributed by atoms with E-state index in [4.69, 9.17) is 17.3 Å². The first-order valence-electron chi connectivity index (χ1n) is 5.18. The molecular weight excluding hydrogens is 254 g/mol. The van der Waals surface area contributed by atoms with E-state index in [1.165, 1.54) is 15.8 Å². The number of hydrogen-bond donors (Lipinski definition) is 1. The van der Waals surface area contributed by atoms with E-state index in [1.807, 2.05) is 0 Å². The first-order chi connectivity index (χ1) is 8.49. The van der Waals surface area contributed by atoms with Gasteiger partial charge in [0.05, 0.1) is 11.9 Å². The van der Waals surface area contributed by atoms with Crippen molar-refractivity contribution in [3.05, 3.63) is 35.2 Å². The van der Waals surface area contributed by atoms with Gasteiger partial charge in [-0.1, -0.05) is 11.6 Å². The average molecular weight is 266 g/mol. The number of amides is 1. The van der Waals surface area contributed by atoms with Gasteiger partial charge in [-0.3, -0.25) is 9.78 Å². The maximum absolute atomic E-state index is 11.8. The summed E-state index contributed by atoms with van der Waals surface area (Å²) in [6.45, 7) is 0. The van der Waals surface area contributed by atoms with E-state index >= 15 is 0 Å². The van der Waals surface area contributed by atoms with E-state index < -0.39 is 0 Å². The number of hydrogen-bond acceptors (Lipinski definition) is 4. The molecule has 0 saturated carbocycles. The van der Waals surface area contributed by atoms with Gasteiger partial charge in [0.1, 0.15) is 10.7 Å². The lowest BCUT2D eigenvalue weighted by Crippen LogP contribution is -2.22. The van der Waals surface area contributed by atoms with Crippen LogP contribution in [0.4, 0.5) is 5.82 Å². The van der Waals surface area contributed by atoms with Crippen molar-refractivity contribution in [3.63, 3.8) is 0 Å². The van der Waals surface area contributed by atoms with Crippen molar-refractivity contribution in [2.24, 2.45) is 0 Å². The Hall–Kier alpha value is -2.08. The zero-order chi connectivity index (χ0) is 13.3. The minimum absolute atomic E-state index is 0.178. The highest BCUT2D eigenvalue weighted by atomic mass is 35.5. The van der Waals surface area contributed by atoms with Gasteiger partial charge in [-0.2, -0.15) is 0 Å². The summed E-state index contributed by atoms with van der Waals surface area (Å²) in [6.07, 6.45) is 3.12. The molecule has 18 heavy (non-hydrogen) atoms. The molecule has 6 nitrogen and oxygen atoms in total. The smallest absolute Gasteiger partial charge is 0.272 e. The largest absolute Gasteiger partial charge is 0.381 e. The normalized spacial score (nSPS) is 10.4. The van der Waals surface area contributed by atoms with Gasteiger partial charge < -0.3 is 10.6 Å². The van der Waals surface area contributed by atoms with Gasteiger partial charge in [0.25, 0.3) is 5.91 Å². The molecule has 1 amide bonds. The quantitative estimate of drug-likeness (QED) is 0.885. The molecule has 0 bridgehead atoms. The highest BCUT2D eigenvalue weighted by Crippen LogP contribution is 2.18. The zero-order valence-electron chi connectivity index (χ0n) is 9.96. The fourth-order valence-electron chi connectivity index (χ4n) is 1.41. The maximum Gasteiger partial charge on any atom is 0.272 e. The van der Waals surface area contributed by atoms with E-state index in [-0.39, 0.29) is 11.7 Å². The average Bonchev–Trinajstić information content (AvgIpc) is 2.69. The predicted octanol–water partition coefficient (Wildman–Crippen LogP) is 1.20. The Morgan fingerprint density at radius 3 is 2.78 bits per heavy atom. The molecule has 0 fully saturated rings. The molecule has 0 aliphatic heterocycles. The van der Waals surface area contributed by atoms with Gasteiger partial charge >= 0.3 is 0 Å². The number of nitrogen functional groups attached to an aromatic ring is 1. The fourth-order valence-corrected chi connectivity index (χ4v) is 1.54. The van der Waals surface area contributed by atoms with Crippen molar-refractivity contribution in [1.82, 2.24) is 19.7 Å². The lowest BCUT2D eigenvalue weighted by molar-refractivity contribution is 0.0822. The van der Waals surface area contributed by atoms with Crippen LogP contribution in [0.5, 0.6) is 0 Å². The number of carbonyl (C=O) groups is 1. The SMILES string of the molecule is CN(C)C(=O)c1cc(-n2cc(Cl)c(N)n2)ccn1. The summed E-state index contributed by atoms with van der Waals surface area (Å²) in [7, 11) is 3.33. The number of carbonyl (C=O) groups excluding carboxylic acids is 1. The lowest BCUT2D eigenvalue weighted by Gasteiger charge is -2.10. The highest BCUT2D eigenvalue weighted by molar-refractivity contribution is 6.32. The van der Waals surface area contributed by atoms with Gasteiger partial charge in [0.2, 0.25) is 0 Å². The second-order valence-corrected chi connectivity index (χ2v) is 4.31. The van der Waals surface area contributed by atoms with Crippen LogP contribution in [0.3, 0.4) is 0 Å². The molecule has 0 aliphatic rings. The van der Waals surface area contributed by atoms with Crippen LogP contribution in [-0.4, -0.2) is 39.7 Å². The molecule has 0 spiro atoms. The van der Waals surface area contributed by atoms with Crippen LogP contribution in [0.2, 0.25) is 5.02 Å². The van der Waals surface area contributed by atoms with Crippen LogP contribution >= 0.6 is 11.6 Å². The van der Waals surface area contributed by atoms with Crippen LogP contribution in [0.1, 0.15) is 10.5 Å². The van der Waals surface area contributed by atoms with Crippen LogP contribution in [0.25, 0.3) is 5.69 Å². The Morgan fingerprint density at radius 2 is 2.22 bits per heavy atom. The van der Waals surface area contributed by atoms with Crippen LogP contribution in [0.15, 0.2) is 24.5 Å². The van der Waals surface area contributed by atoms with Gasteiger partial charge in [-0.05, 0) is 12.1 Å². The maximum atomic E-state index is 11.8. The third-order valence-electron chi connectivity index (χ3n) is 2.33. The fraction of sp³-hybridized carbons (Fsp3) is 0.182. The second kappa shape index (κ2) is 4.66. The van der Waals surface area contributed by atoms with Gasteiger partial charge in [-0.15, -0.1) is 5.10 Å². The molecule has 7 heteroatoms. The first-order valence-corrected chi connectivity index (χ1v) is 5.55. The van der Waals surface area contributed by atoms with E-state index in [0.717, 1.165) is 0 Å². The summed E-state index contributed by atoms with van der Waals surface area (Å²) in [5, 5.41) is 4.40. The van der Waals surface area contributed by atoms with E-state index in [1.54, 1.807) is 32.4 Å². The summed E-state index contributed by atoms with van der Waals surface area (Å²) in [4.78, 5) is 17.3. The van der Waals surface area contributed by atoms with Crippen molar-refractivity contribution in [3.8, 4) is 5.69 Å². The van der Waals surface area contributed by atoms with Crippen LogP contribution < -0.4 is 5.73 Å². The van der Waals surface area contributed by atoms with Crippen molar-refractivity contribution in [2.75, 3.05) is 19.8 Å². The molecule has 94 valence electrons. The number of nitrogens with zero attached hydrogens (tertiary/aromatic N) is 4. The predicted molar refractivity (Wildman–Crippen MR) is 68.8 cm³/mol. The molecule has 0 unspecified atom stereocenters. The zero-order valence-corrected chi connectivity index (χ0v) is 10.7. The molecule has 2 aromatic heterocycles. The number of pyridine rings is 1. The standard InChI is InChI=1S/C11H12ClN5O/c1-16(2)11(18)9-5-7(3-4-14-9)17-6-8(12)10(13)15-17/h3-6H,1-2H3,(H2,13,15). The second-order valence-electron chi connectivity index (χ2n) is 3.91. The van der Waals surface area contributed by atoms with Crippen molar-refractivity contribution < 1.29 is 4.79 Å². The molecule has 0 aromatic carbocycles. The van der Waals surface area contributed by atoms with E-state index in [9.17, 15) is 4.79 Å². The highest BCUT2D eigenvalue weighted by Gasteiger charge is 2.11. The molecule has 2 heterocycles. The molecule has 0 radical (unpaired) electrons. The topological polar surface area (TPSA) is 77.0 Å². The Kier molecular flexibility index (Phi) is 3.20. The van der Waals surface area contributed by atoms with Crippen LogP contribution in [0, 0.1) is 0 Å². The Labute approximate surface area is 109 Å². The minimum atomic E-state index is -0.178. The number of halogens is 1. The number of aromatic nitrogens is 3. The van der Waals surface area contributed by atoms with Gasteiger partial charge in [0.15, 0.2) is 5.82 Å². The van der Waals surface area contributed by atoms with E-state index in [0.29, 0.717) is 16.4 Å². The summed E-state index contributed by atoms with van der Waals surface area (Å²) in [5.74, 6) is 0.0667. The molecular formula is C11H12ClN5O. The molecule has 2 rings (SSSR count). The minimum Gasteiger partial charge on any atom is -0.381 e. The lowest BCUT2D eigenvalue weighted by atomic mass is 10.3. The third kappa shape index (κ3) is 2.28. The van der Waals surface area contributed by atoms with E-state index in [2.05, 4.69) is 10.1 Å². The van der Waals surface area contributed by atoms with Crippen LogP contribution in [-0.2, 0) is 0 Å². The molecule has 0 atom stereocenters. The molecule has 2 aromatic rings. The van der Waals surface area contributed by atoms with Crippen molar-refractivity contribution in [1.29, 1.82) is 0 Å². The van der Waals surface area contributed by atoms with Gasteiger partial charge in [0, 0.05) is 20.3 Å². The van der Waals surface area contributed by atoms with Crippen molar-refractivity contribution >= 4 is 23.3 Å². The third-order valence-corrected chi connectivity index (χ3v) is 2.62. The Morgan fingerprint density at radius 1 is 1.50 bits per heavy atom. The van der Waals surface area contributed by atoms with Crippen molar-refractivity contribution in [2.45, 2.75) is 0 Å². The monoisotopic (exact) mass is 265 g/mol.